The molecule has 188 valence electrons. The fourth-order valence-electron chi connectivity index (χ4n) is 4.37. The van der Waals surface area contributed by atoms with E-state index < -0.39 is 29.7 Å². The first-order valence-corrected chi connectivity index (χ1v) is 11.7. The molecule has 0 saturated carbocycles. The van der Waals surface area contributed by atoms with Gasteiger partial charge in [-0.05, 0) is 42.7 Å². The van der Waals surface area contributed by atoms with E-state index in [1.807, 2.05) is 32.0 Å². The zero-order valence-electron chi connectivity index (χ0n) is 20.4. The Balaban J connectivity index is 1.63. The van der Waals surface area contributed by atoms with Crippen molar-refractivity contribution in [1.29, 1.82) is 0 Å². The highest BCUT2D eigenvalue weighted by molar-refractivity contribution is 6.45. The Bertz CT molecular complexity index is 1540. The Kier molecular flexibility index (Phi) is 7.48. The molecule has 1 amide bonds. The van der Waals surface area contributed by atoms with E-state index in [1.54, 1.807) is 54.6 Å². The Morgan fingerprint density at radius 3 is 2.27 bits per heavy atom. The average Bonchev–Trinajstić information content (AvgIpc) is 2.89. The van der Waals surface area contributed by atoms with Gasteiger partial charge in [0.2, 0.25) is 0 Å². The van der Waals surface area contributed by atoms with E-state index in [9.17, 15) is 24.7 Å². The van der Waals surface area contributed by atoms with Crippen LogP contribution in [-0.2, 0) is 9.59 Å². The topological polar surface area (TPSA) is 129 Å². The number of nitrogens with one attached hydrogen (secondary N) is 1. The number of amides is 1. The number of rotatable bonds is 8. The molecule has 1 atom stereocenters. The normalized spacial score (nSPS) is 12.3. The van der Waals surface area contributed by atoms with E-state index in [0.717, 1.165) is 11.1 Å². The van der Waals surface area contributed by atoms with Gasteiger partial charge < -0.3 is 20.0 Å². The second-order valence-electron chi connectivity index (χ2n) is 8.80. The summed E-state index contributed by atoms with van der Waals surface area (Å²) in [6.07, 6.45) is -0.716. The largest absolute Gasteiger partial charge is 0.507 e. The number of carbonyl (C=O) groups is 2. The Hall–Kier alpha value is -4.72. The molecule has 0 aliphatic carbocycles. The molecule has 0 aliphatic rings. The van der Waals surface area contributed by atoms with Gasteiger partial charge in [-0.15, -0.1) is 0 Å². The van der Waals surface area contributed by atoms with E-state index in [4.69, 9.17) is 4.42 Å². The summed E-state index contributed by atoms with van der Waals surface area (Å²) in [6, 6.07) is 20.9. The third-order valence-electron chi connectivity index (χ3n) is 6.27. The van der Waals surface area contributed by atoms with Crippen molar-refractivity contribution >= 4 is 34.1 Å². The van der Waals surface area contributed by atoms with Crippen LogP contribution in [0.1, 0.15) is 41.0 Å². The highest BCUT2D eigenvalue weighted by Gasteiger charge is 2.28. The minimum atomic E-state index is -0.851. The van der Waals surface area contributed by atoms with Gasteiger partial charge in [0.15, 0.2) is 5.71 Å². The Morgan fingerprint density at radius 2 is 1.59 bits per heavy atom. The lowest BCUT2D eigenvalue weighted by molar-refractivity contribution is -0.119. The number of fused-ring (bicyclic) bond motifs is 1. The van der Waals surface area contributed by atoms with Gasteiger partial charge in [0.25, 0.3) is 5.91 Å². The lowest BCUT2D eigenvalue weighted by Gasteiger charge is -2.18. The summed E-state index contributed by atoms with van der Waals surface area (Å²) in [5.41, 5.74) is 1.86. The molecule has 1 heterocycles. The van der Waals surface area contributed by atoms with Gasteiger partial charge in [0.1, 0.15) is 17.1 Å². The maximum absolute atomic E-state index is 13.2. The average molecular weight is 499 g/mol. The summed E-state index contributed by atoms with van der Waals surface area (Å²) >= 11 is 0. The third kappa shape index (κ3) is 5.43. The fourth-order valence-corrected chi connectivity index (χ4v) is 4.37. The molecule has 0 radical (unpaired) electrons. The first-order valence-electron chi connectivity index (χ1n) is 11.7. The molecule has 4 rings (SSSR count). The minimum absolute atomic E-state index is 0.0549. The van der Waals surface area contributed by atoms with E-state index in [-0.39, 0.29) is 29.0 Å². The molecule has 0 spiro atoms. The van der Waals surface area contributed by atoms with E-state index in [1.165, 1.54) is 0 Å². The van der Waals surface area contributed by atoms with Crippen molar-refractivity contribution in [2.45, 2.75) is 32.6 Å². The molecule has 8 nitrogen and oxygen atoms in total. The summed E-state index contributed by atoms with van der Waals surface area (Å²) in [4.78, 5) is 38.9. The van der Waals surface area contributed by atoms with Gasteiger partial charge in [-0.1, -0.05) is 65.8 Å². The smallest absolute Gasteiger partial charge is 0.343 e. The van der Waals surface area contributed by atoms with Crippen LogP contribution in [0.3, 0.4) is 0 Å². The van der Waals surface area contributed by atoms with Gasteiger partial charge in [0.05, 0.1) is 17.4 Å². The van der Waals surface area contributed by atoms with Gasteiger partial charge in [0, 0.05) is 18.0 Å². The number of hydrogen-bond donors (Lipinski definition) is 3. The molecule has 37 heavy (non-hydrogen) atoms. The van der Waals surface area contributed by atoms with Crippen molar-refractivity contribution in [3.63, 3.8) is 0 Å². The van der Waals surface area contributed by atoms with Gasteiger partial charge in [-0.3, -0.25) is 9.59 Å². The van der Waals surface area contributed by atoms with Gasteiger partial charge >= 0.3 is 5.63 Å². The number of benzene rings is 3. The SMILES string of the molecule is Cc1cccc(C)c1NC(=O)/C(CC(=O)CC(c1ccccc1)c1c(O)c2ccccc2oc1=O)=N\O. The quantitative estimate of drug-likeness (QED) is 0.135. The number of Topliss-reactive ketones (excluding diaryl/α,β-unsaturated/α-hetero) is 1. The van der Waals surface area contributed by atoms with Gasteiger partial charge in [-0.2, -0.15) is 0 Å². The molecule has 0 bridgehead atoms. The lowest BCUT2D eigenvalue weighted by atomic mass is 9.86. The predicted octanol–water partition coefficient (Wildman–Crippen LogP) is 5.07. The standard InChI is InChI=1S/C29H26N2O6/c1-17-9-8-10-18(2)26(17)30-28(34)23(31-36)16-20(32)15-22(19-11-4-3-5-12-19)25-27(33)21-13-6-7-14-24(21)37-29(25)35/h3-14,22,33,36H,15-16H2,1-2H3,(H,30,34)/b31-23-. The molecule has 0 aliphatic heterocycles. The number of para-hydroxylation sites is 2. The van der Waals surface area contributed by atoms with Crippen molar-refractivity contribution in [3.05, 3.63) is 105 Å². The number of carbonyl (C=O) groups excluding carboxylic acids is 2. The van der Waals surface area contributed by atoms with Crippen molar-refractivity contribution in [2.24, 2.45) is 5.16 Å². The first-order chi connectivity index (χ1) is 17.8. The highest BCUT2D eigenvalue weighted by Crippen LogP contribution is 2.36. The maximum Gasteiger partial charge on any atom is 0.343 e. The number of nitrogens with zero attached hydrogens (tertiary/aromatic N) is 1. The fraction of sp³-hybridized carbons (Fsp3) is 0.172. The number of aromatic hydroxyl groups is 1. The van der Waals surface area contributed by atoms with Crippen LogP contribution in [0.25, 0.3) is 11.0 Å². The summed E-state index contributed by atoms with van der Waals surface area (Å²) in [7, 11) is 0. The zero-order valence-corrected chi connectivity index (χ0v) is 20.4. The number of anilines is 1. The van der Waals surface area contributed by atoms with E-state index >= 15 is 0 Å². The van der Waals surface area contributed by atoms with Crippen molar-refractivity contribution in [3.8, 4) is 5.75 Å². The van der Waals surface area contributed by atoms with Crippen molar-refractivity contribution in [2.75, 3.05) is 5.32 Å². The monoisotopic (exact) mass is 498 g/mol. The molecule has 1 aromatic heterocycles. The predicted molar refractivity (Wildman–Crippen MR) is 140 cm³/mol. The number of oxime groups is 1. The summed E-state index contributed by atoms with van der Waals surface area (Å²) in [5.74, 6) is -2.30. The number of aryl methyl sites for hydroxylation is 2. The number of ketones is 1. The van der Waals surface area contributed by atoms with Crippen molar-refractivity contribution in [1.82, 2.24) is 0 Å². The van der Waals surface area contributed by atoms with Crippen LogP contribution in [0.5, 0.6) is 5.75 Å². The molecular weight excluding hydrogens is 472 g/mol. The van der Waals surface area contributed by atoms with Crippen LogP contribution in [0, 0.1) is 13.8 Å². The van der Waals surface area contributed by atoms with Crippen LogP contribution >= 0.6 is 0 Å². The molecule has 3 N–H and O–H groups in total. The number of hydrogen-bond acceptors (Lipinski definition) is 7. The van der Waals surface area contributed by atoms with E-state index in [2.05, 4.69) is 10.5 Å². The molecule has 1 unspecified atom stereocenters. The molecule has 8 heteroatoms. The zero-order chi connectivity index (χ0) is 26.5. The molecule has 0 fully saturated rings. The molecule has 3 aromatic carbocycles. The third-order valence-corrected chi connectivity index (χ3v) is 6.27. The Labute approximate surface area is 212 Å². The first kappa shape index (κ1) is 25.4. The second kappa shape index (κ2) is 10.9. The van der Waals surface area contributed by atoms with Crippen LogP contribution in [-0.4, -0.2) is 27.7 Å². The van der Waals surface area contributed by atoms with E-state index in [0.29, 0.717) is 16.6 Å². The Morgan fingerprint density at radius 1 is 0.946 bits per heavy atom. The van der Waals surface area contributed by atoms with Crippen LogP contribution in [0.15, 0.2) is 87.2 Å². The summed E-state index contributed by atoms with van der Waals surface area (Å²) in [6.45, 7) is 3.66. The highest BCUT2D eigenvalue weighted by atomic mass is 16.4. The van der Waals surface area contributed by atoms with Crippen LogP contribution < -0.4 is 10.9 Å². The molecular formula is C29H26N2O6. The van der Waals surface area contributed by atoms with Gasteiger partial charge in [-0.25, -0.2) is 4.79 Å². The second-order valence-corrected chi connectivity index (χ2v) is 8.80. The van der Waals surface area contributed by atoms with Crippen molar-refractivity contribution < 1.29 is 24.3 Å². The van der Waals surface area contributed by atoms with Crippen LogP contribution in [0.2, 0.25) is 0 Å². The molecule has 0 saturated heterocycles. The summed E-state index contributed by atoms with van der Waals surface area (Å²) < 4.78 is 5.43. The summed E-state index contributed by atoms with van der Waals surface area (Å²) in [5, 5.41) is 26.6. The maximum atomic E-state index is 13.2. The lowest BCUT2D eigenvalue weighted by Crippen LogP contribution is -2.27. The molecule has 4 aromatic rings. The minimum Gasteiger partial charge on any atom is -0.507 e. The van der Waals surface area contributed by atoms with Crippen LogP contribution in [0.4, 0.5) is 5.69 Å².